The number of aliphatic carboxylic acids is 1. The van der Waals surface area contributed by atoms with Crippen LogP contribution in [0.3, 0.4) is 0 Å². The SMILES string of the molecule is Cc1nc2ccc(C/C=C/C(=O)O)cc2[nH]1. The third-order valence-corrected chi connectivity index (χ3v) is 2.28. The number of nitrogens with one attached hydrogen (secondary N) is 1. The molecule has 0 spiro atoms. The van der Waals surface area contributed by atoms with E-state index in [0.717, 1.165) is 28.5 Å². The maximum absolute atomic E-state index is 10.3. The van der Waals surface area contributed by atoms with E-state index < -0.39 is 5.97 Å². The van der Waals surface area contributed by atoms with Crippen molar-refractivity contribution < 1.29 is 9.90 Å². The fraction of sp³-hybridized carbons (Fsp3) is 0.167. The summed E-state index contributed by atoms with van der Waals surface area (Å²) >= 11 is 0. The largest absolute Gasteiger partial charge is 0.478 e. The zero-order valence-electron chi connectivity index (χ0n) is 8.90. The van der Waals surface area contributed by atoms with E-state index in [1.807, 2.05) is 25.1 Å². The van der Waals surface area contributed by atoms with Crippen molar-refractivity contribution in [1.82, 2.24) is 9.97 Å². The smallest absolute Gasteiger partial charge is 0.327 e. The van der Waals surface area contributed by atoms with Crippen molar-refractivity contribution in [3.63, 3.8) is 0 Å². The number of allylic oxidation sites excluding steroid dienone is 1. The summed E-state index contributed by atoms with van der Waals surface area (Å²) in [5.74, 6) is -0.0355. The molecule has 2 N–H and O–H groups in total. The molecule has 1 aromatic heterocycles. The zero-order valence-corrected chi connectivity index (χ0v) is 8.90. The van der Waals surface area contributed by atoms with Crippen molar-refractivity contribution in [3.8, 4) is 0 Å². The number of benzene rings is 1. The van der Waals surface area contributed by atoms with Crippen LogP contribution in [0.15, 0.2) is 30.4 Å². The number of H-pyrrole nitrogens is 1. The number of aromatic amines is 1. The first-order chi connectivity index (χ1) is 7.65. The fourth-order valence-corrected chi connectivity index (χ4v) is 1.61. The highest BCUT2D eigenvalue weighted by atomic mass is 16.4. The van der Waals surface area contributed by atoms with Crippen LogP contribution in [0.25, 0.3) is 11.0 Å². The molecule has 0 amide bonds. The van der Waals surface area contributed by atoms with Crippen LogP contribution < -0.4 is 0 Å². The number of fused-ring (bicyclic) bond motifs is 1. The Labute approximate surface area is 92.6 Å². The van der Waals surface area contributed by atoms with Gasteiger partial charge in [0, 0.05) is 6.08 Å². The molecule has 82 valence electrons. The molecule has 0 unspecified atom stereocenters. The van der Waals surface area contributed by atoms with Gasteiger partial charge in [0.2, 0.25) is 0 Å². The van der Waals surface area contributed by atoms with Crippen molar-refractivity contribution in [1.29, 1.82) is 0 Å². The molecular weight excluding hydrogens is 204 g/mol. The second-order valence-corrected chi connectivity index (χ2v) is 3.62. The van der Waals surface area contributed by atoms with Gasteiger partial charge in [-0.25, -0.2) is 9.78 Å². The summed E-state index contributed by atoms with van der Waals surface area (Å²) in [5, 5.41) is 8.46. The van der Waals surface area contributed by atoms with Crippen LogP contribution in [0.2, 0.25) is 0 Å². The van der Waals surface area contributed by atoms with E-state index in [9.17, 15) is 4.79 Å². The molecule has 0 radical (unpaired) electrons. The normalized spacial score (nSPS) is 11.3. The van der Waals surface area contributed by atoms with Crippen molar-refractivity contribution in [3.05, 3.63) is 41.7 Å². The van der Waals surface area contributed by atoms with E-state index in [1.54, 1.807) is 6.08 Å². The van der Waals surface area contributed by atoms with E-state index >= 15 is 0 Å². The maximum atomic E-state index is 10.3. The topological polar surface area (TPSA) is 66.0 Å². The molecule has 0 aliphatic rings. The van der Waals surface area contributed by atoms with Gasteiger partial charge in [0.15, 0.2) is 0 Å². The summed E-state index contributed by atoms with van der Waals surface area (Å²) in [4.78, 5) is 17.7. The minimum Gasteiger partial charge on any atom is -0.478 e. The lowest BCUT2D eigenvalue weighted by atomic mass is 10.1. The highest BCUT2D eigenvalue weighted by Gasteiger charge is 1.99. The Morgan fingerprint density at radius 3 is 3.12 bits per heavy atom. The Morgan fingerprint density at radius 2 is 2.38 bits per heavy atom. The lowest BCUT2D eigenvalue weighted by molar-refractivity contribution is -0.131. The number of imidazole rings is 1. The fourth-order valence-electron chi connectivity index (χ4n) is 1.61. The van der Waals surface area contributed by atoms with E-state index in [1.165, 1.54) is 0 Å². The number of aromatic nitrogens is 2. The summed E-state index contributed by atoms with van der Waals surface area (Å²) in [6.07, 6.45) is 3.40. The number of carbonyl (C=O) groups is 1. The van der Waals surface area contributed by atoms with Gasteiger partial charge < -0.3 is 10.1 Å². The first-order valence-electron chi connectivity index (χ1n) is 5.00. The van der Waals surface area contributed by atoms with Gasteiger partial charge in [-0.1, -0.05) is 12.1 Å². The Hall–Kier alpha value is -2.10. The molecule has 1 aromatic carbocycles. The Kier molecular flexibility index (Phi) is 2.72. The van der Waals surface area contributed by atoms with Gasteiger partial charge in [0.25, 0.3) is 0 Å². The first kappa shape index (κ1) is 10.4. The molecule has 4 nitrogen and oxygen atoms in total. The minimum atomic E-state index is -0.918. The molecule has 0 saturated carbocycles. The average Bonchev–Trinajstić information content (AvgIpc) is 2.56. The Morgan fingerprint density at radius 1 is 1.56 bits per heavy atom. The number of carboxylic acid groups (broad SMARTS) is 1. The zero-order chi connectivity index (χ0) is 11.5. The molecular formula is C12H12N2O2. The maximum Gasteiger partial charge on any atom is 0.327 e. The number of hydrogen-bond acceptors (Lipinski definition) is 2. The molecule has 0 bridgehead atoms. The van der Waals surface area contributed by atoms with Gasteiger partial charge in [-0.15, -0.1) is 0 Å². The average molecular weight is 216 g/mol. The van der Waals surface area contributed by atoms with Crippen LogP contribution in [0, 0.1) is 6.92 Å². The second kappa shape index (κ2) is 4.18. The number of rotatable bonds is 3. The molecule has 0 aliphatic carbocycles. The van der Waals surface area contributed by atoms with Crippen molar-refractivity contribution in [2.45, 2.75) is 13.3 Å². The summed E-state index contributed by atoms with van der Waals surface area (Å²) in [6.45, 7) is 1.91. The lowest BCUT2D eigenvalue weighted by Crippen LogP contribution is -1.87. The van der Waals surface area contributed by atoms with E-state index in [-0.39, 0.29) is 0 Å². The van der Waals surface area contributed by atoms with Crippen LogP contribution in [0.4, 0.5) is 0 Å². The van der Waals surface area contributed by atoms with Gasteiger partial charge >= 0.3 is 5.97 Å². The van der Waals surface area contributed by atoms with Crippen molar-refractivity contribution >= 4 is 17.0 Å². The predicted octanol–water partition coefficient (Wildman–Crippen LogP) is 2.05. The monoisotopic (exact) mass is 216 g/mol. The van der Waals surface area contributed by atoms with E-state index in [2.05, 4.69) is 9.97 Å². The van der Waals surface area contributed by atoms with E-state index in [0.29, 0.717) is 6.42 Å². The quantitative estimate of drug-likeness (QED) is 0.772. The minimum absolute atomic E-state index is 0.611. The van der Waals surface area contributed by atoms with Gasteiger partial charge in [-0.05, 0) is 31.0 Å². The predicted molar refractivity (Wildman–Crippen MR) is 61.3 cm³/mol. The van der Waals surface area contributed by atoms with Gasteiger partial charge in [0.1, 0.15) is 5.82 Å². The molecule has 16 heavy (non-hydrogen) atoms. The Balaban J connectivity index is 2.22. The summed E-state index contributed by atoms with van der Waals surface area (Å²) in [6, 6.07) is 5.87. The summed E-state index contributed by atoms with van der Waals surface area (Å²) in [5.41, 5.74) is 2.98. The molecule has 4 heteroatoms. The van der Waals surface area contributed by atoms with Crippen molar-refractivity contribution in [2.24, 2.45) is 0 Å². The summed E-state index contributed by atoms with van der Waals surface area (Å²) < 4.78 is 0. The van der Waals surface area contributed by atoms with Gasteiger partial charge in [0.05, 0.1) is 11.0 Å². The molecule has 0 saturated heterocycles. The van der Waals surface area contributed by atoms with E-state index in [4.69, 9.17) is 5.11 Å². The first-order valence-corrected chi connectivity index (χ1v) is 5.00. The number of hydrogen-bond donors (Lipinski definition) is 2. The highest BCUT2D eigenvalue weighted by molar-refractivity contribution is 5.80. The number of carboxylic acids is 1. The standard InChI is InChI=1S/C12H12N2O2/c1-8-13-10-6-5-9(7-11(10)14-8)3-2-4-12(15)16/h2,4-7H,3H2,1H3,(H,13,14)(H,15,16)/b4-2+. The highest BCUT2D eigenvalue weighted by Crippen LogP contribution is 2.14. The second-order valence-electron chi connectivity index (χ2n) is 3.62. The van der Waals surface area contributed by atoms with Crippen LogP contribution in [0.5, 0.6) is 0 Å². The summed E-state index contributed by atoms with van der Waals surface area (Å²) in [7, 11) is 0. The lowest BCUT2D eigenvalue weighted by Gasteiger charge is -1.95. The molecule has 0 fully saturated rings. The third-order valence-electron chi connectivity index (χ3n) is 2.28. The molecule has 1 heterocycles. The van der Waals surface area contributed by atoms with Crippen LogP contribution >= 0.6 is 0 Å². The Bertz CT molecular complexity index is 555. The van der Waals surface area contributed by atoms with Gasteiger partial charge in [-0.2, -0.15) is 0 Å². The van der Waals surface area contributed by atoms with Crippen LogP contribution in [0.1, 0.15) is 11.4 Å². The van der Waals surface area contributed by atoms with Crippen LogP contribution in [-0.2, 0) is 11.2 Å². The van der Waals surface area contributed by atoms with Crippen LogP contribution in [-0.4, -0.2) is 21.0 Å². The molecule has 0 aliphatic heterocycles. The van der Waals surface area contributed by atoms with Crippen molar-refractivity contribution in [2.75, 3.05) is 0 Å². The number of aryl methyl sites for hydroxylation is 1. The number of nitrogens with zero attached hydrogens (tertiary/aromatic N) is 1. The van der Waals surface area contributed by atoms with Gasteiger partial charge in [-0.3, -0.25) is 0 Å². The third kappa shape index (κ3) is 2.28. The molecule has 2 rings (SSSR count). The molecule has 2 aromatic rings. The molecule has 0 atom stereocenters.